The summed E-state index contributed by atoms with van der Waals surface area (Å²) in [5.74, 6) is -0.0468. The van der Waals surface area contributed by atoms with Gasteiger partial charge in [-0.15, -0.1) is 0 Å². The van der Waals surface area contributed by atoms with Gasteiger partial charge in [-0.3, -0.25) is 9.59 Å². The van der Waals surface area contributed by atoms with Gasteiger partial charge in [-0.25, -0.2) is 0 Å². The highest BCUT2D eigenvalue weighted by molar-refractivity contribution is 5.76. The van der Waals surface area contributed by atoms with E-state index in [1.54, 1.807) is 6.08 Å². The Labute approximate surface area is 501 Å². The van der Waals surface area contributed by atoms with Crippen LogP contribution in [0.5, 0.6) is 0 Å². The quantitative estimate of drug-likeness (QED) is 0.0320. The summed E-state index contributed by atoms with van der Waals surface area (Å²) in [6.45, 7) is 4.95. The summed E-state index contributed by atoms with van der Waals surface area (Å²) in [5, 5.41) is 23.2. The molecule has 2 atom stereocenters. The average molecular weight is 1130 g/mol. The molecule has 0 aromatic carbocycles. The summed E-state index contributed by atoms with van der Waals surface area (Å²) >= 11 is 0. The molecule has 0 saturated heterocycles. The van der Waals surface area contributed by atoms with Crippen molar-refractivity contribution in [3.05, 3.63) is 24.3 Å². The maximum Gasteiger partial charge on any atom is 0.305 e. The number of ether oxygens (including phenoxy) is 1. The number of nitrogens with one attached hydrogen (secondary N) is 1. The maximum absolute atomic E-state index is 12.5. The lowest BCUT2D eigenvalue weighted by atomic mass is 10.0. The molecule has 0 bridgehead atoms. The fourth-order valence-electron chi connectivity index (χ4n) is 11.6. The summed E-state index contributed by atoms with van der Waals surface area (Å²) in [5.41, 5.74) is 0. The predicted octanol–water partition coefficient (Wildman–Crippen LogP) is 23.7. The molecule has 0 saturated carbocycles. The van der Waals surface area contributed by atoms with Crippen molar-refractivity contribution < 1.29 is 24.5 Å². The Balaban J connectivity index is 3.39. The zero-order valence-electron chi connectivity index (χ0n) is 54.3. The second-order valence-corrected chi connectivity index (χ2v) is 25.3. The van der Waals surface area contributed by atoms with E-state index in [-0.39, 0.29) is 18.5 Å². The van der Waals surface area contributed by atoms with Crippen molar-refractivity contribution in [2.75, 3.05) is 13.2 Å². The van der Waals surface area contributed by atoms with E-state index in [4.69, 9.17) is 4.74 Å². The molecular weight excluding hydrogens is 983 g/mol. The molecule has 0 rings (SSSR count). The van der Waals surface area contributed by atoms with E-state index < -0.39 is 12.1 Å². The van der Waals surface area contributed by atoms with Gasteiger partial charge < -0.3 is 20.3 Å². The first kappa shape index (κ1) is 78.3. The summed E-state index contributed by atoms with van der Waals surface area (Å²) in [4.78, 5) is 24.6. The van der Waals surface area contributed by atoms with Crippen LogP contribution in [0, 0.1) is 0 Å². The zero-order chi connectivity index (χ0) is 57.8. The molecule has 0 aromatic heterocycles. The van der Waals surface area contributed by atoms with Gasteiger partial charge in [0.1, 0.15) is 0 Å². The zero-order valence-corrected chi connectivity index (χ0v) is 54.3. The maximum atomic E-state index is 12.5. The molecule has 0 heterocycles. The molecule has 474 valence electrons. The third-order valence-electron chi connectivity index (χ3n) is 17.2. The number of carbonyl (C=O) groups is 2. The average Bonchev–Trinajstić information content (AvgIpc) is 3.46. The minimum atomic E-state index is -0.846. The minimum absolute atomic E-state index is 0.0192. The number of hydrogen-bond acceptors (Lipinski definition) is 5. The number of aliphatic hydroxyl groups is 2. The first-order valence-electron chi connectivity index (χ1n) is 36.6. The molecule has 1 amide bonds. The number of rotatable bonds is 69. The van der Waals surface area contributed by atoms with Crippen molar-refractivity contribution in [1.29, 1.82) is 0 Å². The fraction of sp³-hybridized carbons (Fsp3) is 0.919. The van der Waals surface area contributed by atoms with Gasteiger partial charge in [0.25, 0.3) is 0 Å². The molecule has 0 aromatic rings. The number of carbonyl (C=O) groups excluding carboxylic acids is 2. The molecule has 3 N–H and O–H groups in total. The lowest BCUT2D eigenvalue weighted by molar-refractivity contribution is -0.143. The Morgan fingerprint density at radius 1 is 0.338 bits per heavy atom. The third-order valence-corrected chi connectivity index (χ3v) is 17.2. The standard InChI is InChI=1S/C74H143NO5/c1-3-5-7-9-11-13-15-17-19-21-31-34-38-42-46-50-54-58-62-66-72(77)71(70-76)75-73(78)67-63-59-55-51-47-43-39-35-32-29-27-25-23-24-26-28-30-33-37-41-45-49-53-57-61-65-69-80-74(79)68-64-60-56-52-48-44-40-36-22-20-18-16-14-12-10-8-6-4-2/h23,25,62,66,71-72,76-77H,3-22,24,26-61,63-65,67-70H2,1-2H3,(H,75,78)/b25-23-,66-62+. The highest BCUT2D eigenvalue weighted by Crippen LogP contribution is 2.19. The van der Waals surface area contributed by atoms with Crippen LogP contribution in [0.3, 0.4) is 0 Å². The first-order valence-corrected chi connectivity index (χ1v) is 36.6. The Morgan fingerprint density at radius 2 is 0.588 bits per heavy atom. The number of allylic oxidation sites excluding steroid dienone is 3. The van der Waals surface area contributed by atoms with E-state index in [0.717, 1.165) is 38.5 Å². The molecule has 0 fully saturated rings. The van der Waals surface area contributed by atoms with Gasteiger partial charge in [-0.05, 0) is 57.8 Å². The second kappa shape index (κ2) is 69.8. The lowest BCUT2D eigenvalue weighted by Gasteiger charge is -2.20. The third kappa shape index (κ3) is 65.5. The van der Waals surface area contributed by atoms with Gasteiger partial charge >= 0.3 is 5.97 Å². The Hall–Kier alpha value is -1.66. The molecule has 6 heteroatoms. The normalized spacial score (nSPS) is 12.6. The van der Waals surface area contributed by atoms with E-state index in [9.17, 15) is 19.8 Å². The minimum Gasteiger partial charge on any atom is -0.466 e. The Kier molecular flexibility index (Phi) is 68.4. The van der Waals surface area contributed by atoms with E-state index >= 15 is 0 Å². The van der Waals surface area contributed by atoms with Crippen molar-refractivity contribution in [3.8, 4) is 0 Å². The van der Waals surface area contributed by atoms with E-state index in [0.29, 0.717) is 19.4 Å². The number of unbranched alkanes of at least 4 members (excludes halogenated alkanes) is 56. The van der Waals surface area contributed by atoms with Gasteiger partial charge in [0.2, 0.25) is 5.91 Å². The predicted molar refractivity (Wildman–Crippen MR) is 352 cm³/mol. The van der Waals surface area contributed by atoms with Gasteiger partial charge in [-0.1, -0.05) is 366 Å². The molecule has 0 radical (unpaired) electrons. The van der Waals surface area contributed by atoms with Crippen molar-refractivity contribution in [2.45, 2.75) is 424 Å². The van der Waals surface area contributed by atoms with Crippen LogP contribution in [0.1, 0.15) is 412 Å². The first-order chi connectivity index (χ1) is 39.5. The highest BCUT2D eigenvalue weighted by Gasteiger charge is 2.18. The van der Waals surface area contributed by atoms with Crippen LogP contribution in [-0.4, -0.2) is 47.4 Å². The fourth-order valence-corrected chi connectivity index (χ4v) is 11.6. The molecule has 80 heavy (non-hydrogen) atoms. The van der Waals surface area contributed by atoms with Crippen LogP contribution in [0.25, 0.3) is 0 Å². The highest BCUT2D eigenvalue weighted by atomic mass is 16.5. The monoisotopic (exact) mass is 1130 g/mol. The summed E-state index contributed by atoms with van der Waals surface area (Å²) < 4.78 is 5.51. The molecule has 6 nitrogen and oxygen atoms in total. The van der Waals surface area contributed by atoms with Crippen LogP contribution in [0.4, 0.5) is 0 Å². The molecular formula is C74H143NO5. The Morgan fingerprint density at radius 3 is 0.887 bits per heavy atom. The summed E-state index contributed by atoms with van der Waals surface area (Å²) in [7, 11) is 0. The van der Waals surface area contributed by atoms with Crippen molar-refractivity contribution in [1.82, 2.24) is 5.32 Å². The van der Waals surface area contributed by atoms with Gasteiger partial charge in [0, 0.05) is 12.8 Å². The van der Waals surface area contributed by atoms with E-state index in [1.807, 2.05) is 6.08 Å². The largest absolute Gasteiger partial charge is 0.466 e. The smallest absolute Gasteiger partial charge is 0.305 e. The molecule has 0 spiro atoms. The van der Waals surface area contributed by atoms with E-state index in [1.165, 1.54) is 347 Å². The molecule has 0 aliphatic carbocycles. The van der Waals surface area contributed by atoms with Crippen LogP contribution in [0.15, 0.2) is 24.3 Å². The lowest BCUT2D eigenvalue weighted by Crippen LogP contribution is -2.45. The Bertz CT molecular complexity index is 1250. The molecule has 0 aliphatic heterocycles. The summed E-state index contributed by atoms with van der Waals surface area (Å²) in [6.07, 6.45) is 88.4. The van der Waals surface area contributed by atoms with Crippen molar-refractivity contribution in [3.63, 3.8) is 0 Å². The molecule has 2 unspecified atom stereocenters. The van der Waals surface area contributed by atoms with Gasteiger partial charge in [0.05, 0.1) is 25.4 Å². The number of hydrogen-bond donors (Lipinski definition) is 3. The van der Waals surface area contributed by atoms with E-state index in [2.05, 4.69) is 31.3 Å². The van der Waals surface area contributed by atoms with Gasteiger partial charge in [0.15, 0.2) is 0 Å². The molecule has 0 aliphatic rings. The van der Waals surface area contributed by atoms with Crippen LogP contribution >= 0.6 is 0 Å². The van der Waals surface area contributed by atoms with Gasteiger partial charge in [-0.2, -0.15) is 0 Å². The number of amides is 1. The van der Waals surface area contributed by atoms with Crippen LogP contribution in [-0.2, 0) is 14.3 Å². The van der Waals surface area contributed by atoms with Crippen molar-refractivity contribution >= 4 is 11.9 Å². The SMILES string of the molecule is CCCCCCCCCCCCCCCCCCC/C=C/C(O)C(CO)NC(=O)CCCCCCCCCCCC/C=C\CCCCCCCCCCCCCCOC(=O)CCCCCCCCCCCCCCCCCCCC. The van der Waals surface area contributed by atoms with Crippen molar-refractivity contribution in [2.24, 2.45) is 0 Å². The second-order valence-electron chi connectivity index (χ2n) is 25.3. The number of aliphatic hydroxyl groups excluding tert-OH is 2. The van der Waals surface area contributed by atoms with Crippen LogP contribution in [0.2, 0.25) is 0 Å². The summed E-state index contributed by atoms with van der Waals surface area (Å²) in [6, 6.07) is -0.630. The topological polar surface area (TPSA) is 95.9 Å². The number of esters is 1. The van der Waals surface area contributed by atoms with Crippen LogP contribution < -0.4 is 5.32 Å².